The Balaban J connectivity index is 1.30. The summed E-state index contributed by atoms with van der Waals surface area (Å²) in [4.78, 5) is 54.0. The van der Waals surface area contributed by atoms with Gasteiger partial charge in [0.1, 0.15) is 17.2 Å². The van der Waals surface area contributed by atoms with E-state index < -0.39 is 41.4 Å². The maximum absolute atomic E-state index is 14.1. The molecule has 3 aliphatic rings. The fourth-order valence-electron chi connectivity index (χ4n) is 7.21. The van der Waals surface area contributed by atoms with E-state index in [4.69, 9.17) is 14.5 Å². The van der Waals surface area contributed by atoms with Crippen molar-refractivity contribution in [3.05, 3.63) is 81.8 Å². The van der Waals surface area contributed by atoms with Crippen molar-refractivity contribution in [1.82, 2.24) is 25.1 Å². The molecule has 3 amide bonds. The van der Waals surface area contributed by atoms with E-state index >= 15 is 0 Å². The van der Waals surface area contributed by atoms with Crippen LogP contribution in [0.4, 0.5) is 23.8 Å². The molecule has 1 aliphatic carbocycles. The molecule has 1 saturated heterocycles. The SMILES string of the molecule is CC1=[N+](C(=O)OC(C)(C)C)CCN(C[C@@H](Oc2cc(C)c(C(=O)Nc3ncc(C(F)(F)F)cc3C)cc2C(=O)NCC2CN(C(C)C)C2)c2ccc(C3CC3)cn2)C1. The van der Waals surface area contributed by atoms with Gasteiger partial charge in [0.25, 0.3) is 11.8 Å². The molecule has 0 spiro atoms. The van der Waals surface area contributed by atoms with Crippen molar-refractivity contribution in [3.8, 4) is 5.75 Å². The third kappa shape index (κ3) is 10.6. The van der Waals surface area contributed by atoms with Gasteiger partial charge in [-0.1, -0.05) is 6.07 Å². The fourth-order valence-corrected chi connectivity index (χ4v) is 7.21. The van der Waals surface area contributed by atoms with Crippen LogP contribution in [0.3, 0.4) is 0 Å². The van der Waals surface area contributed by atoms with Crippen LogP contribution in [-0.2, 0) is 10.9 Å². The molecule has 6 rings (SSSR count). The molecule has 2 N–H and O–H groups in total. The summed E-state index contributed by atoms with van der Waals surface area (Å²) in [7, 11) is 0. The second kappa shape index (κ2) is 17.1. The van der Waals surface area contributed by atoms with Gasteiger partial charge in [-0.05, 0) is 108 Å². The number of amides is 3. The molecule has 0 unspecified atom stereocenters. The second-order valence-electron chi connectivity index (χ2n) is 17.1. The molecule has 1 aromatic carbocycles. The van der Waals surface area contributed by atoms with Gasteiger partial charge in [-0.15, -0.1) is 4.58 Å². The minimum atomic E-state index is -4.58. The summed E-state index contributed by atoms with van der Waals surface area (Å²) in [5.41, 5.74) is 1.98. The van der Waals surface area contributed by atoms with Crippen molar-refractivity contribution in [1.29, 1.82) is 0 Å². The quantitative estimate of drug-likeness (QED) is 0.183. The molecule has 2 aromatic heterocycles. The predicted octanol–water partition coefficient (Wildman–Crippen LogP) is 7.16. The molecule has 2 fully saturated rings. The molecular weight excluding hydrogens is 752 g/mol. The number of aromatic nitrogens is 2. The maximum Gasteiger partial charge on any atom is 0.596 e. The Bertz CT molecular complexity index is 2050. The van der Waals surface area contributed by atoms with Crippen LogP contribution in [0.1, 0.15) is 115 Å². The number of ether oxygens (including phenoxy) is 2. The van der Waals surface area contributed by atoms with E-state index in [0.717, 1.165) is 43.3 Å². The van der Waals surface area contributed by atoms with E-state index in [1.807, 2.05) is 40.0 Å². The Morgan fingerprint density at radius 3 is 2.26 bits per heavy atom. The van der Waals surface area contributed by atoms with Crippen LogP contribution in [0.15, 0.2) is 42.7 Å². The van der Waals surface area contributed by atoms with Gasteiger partial charge in [0.05, 0.1) is 29.9 Å². The largest absolute Gasteiger partial charge is 0.596 e. The van der Waals surface area contributed by atoms with E-state index in [2.05, 4.69) is 45.3 Å². The van der Waals surface area contributed by atoms with E-state index in [9.17, 15) is 27.6 Å². The minimum Gasteiger partial charge on any atom is -0.482 e. The van der Waals surface area contributed by atoms with Gasteiger partial charge in [-0.25, -0.2) is 4.98 Å². The van der Waals surface area contributed by atoms with Crippen molar-refractivity contribution < 1.29 is 41.6 Å². The molecule has 1 atom stereocenters. The zero-order valence-electron chi connectivity index (χ0n) is 34.6. The van der Waals surface area contributed by atoms with Crippen LogP contribution in [0.25, 0.3) is 0 Å². The summed E-state index contributed by atoms with van der Waals surface area (Å²) in [5.74, 6) is -0.0781. The number of alkyl halides is 3. The van der Waals surface area contributed by atoms with E-state index in [0.29, 0.717) is 62.1 Å². The monoisotopic (exact) mass is 806 g/mol. The lowest BCUT2D eigenvalue weighted by atomic mass is 9.97. The average molecular weight is 807 g/mol. The lowest BCUT2D eigenvalue weighted by Gasteiger charge is -2.42. The molecule has 15 heteroatoms. The smallest absolute Gasteiger partial charge is 0.482 e. The number of nitrogens with zero attached hydrogens (tertiary/aromatic N) is 5. The third-order valence-electron chi connectivity index (χ3n) is 10.8. The Morgan fingerprint density at radius 1 is 0.948 bits per heavy atom. The number of benzene rings is 1. The number of rotatable bonds is 12. The number of anilines is 1. The molecule has 12 nitrogen and oxygen atoms in total. The summed E-state index contributed by atoms with van der Waals surface area (Å²) >= 11 is 0. The van der Waals surface area contributed by atoms with Gasteiger partial charge < -0.3 is 25.0 Å². The first-order valence-corrected chi connectivity index (χ1v) is 20.0. The Morgan fingerprint density at radius 2 is 1.67 bits per heavy atom. The highest BCUT2D eigenvalue weighted by atomic mass is 19.4. The van der Waals surface area contributed by atoms with Crippen LogP contribution in [0.5, 0.6) is 5.75 Å². The van der Waals surface area contributed by atoms with E-state index in [-0.39, 0.29) is 34.2 Å². The first-order chi connectivity index (χ1) is 27.3. The topological polar surface area (TPSA) is 129 Å². The van der Waals surface area contributed by atoms with Gasteiger partial charge in [0.2, 0.25) is 0 Å². The highest BCUT2D eigenvalue weighted by Gasteiger charge is 2.36. The highest BCUT2D eigenvalue weighted by Crippen LogP contribution is 2.40. The standard InChI is InChI=1S/C43H54F3N7O5/c1-25(2)52-22-29(23-52)18-49-39(54)34-17-33(40(55)50-38-27(4)15-32(20-48-38)43(44,45)46)26(3)16-36(34)57-37(35-12-11-31(19-47-35)30-9-10-30)24-51-13-14-53(28(5)21-51)41(56)58-42(6,7)8/h11-12,15-17,19-20,25,29-30,37H,9-10,13-14,18,21-24H2,1-8H3,(H-,48,49,50,54,55)/p+1/t37-/m1/s1. The summed E-state index contributed by atoms with van der Waals surface area (Å²) < 4.78 is 54.0. The fraction of sp³-hybridized carbons (Fsp3) is 0.535. The molecule has 0 radical (unpaired) electrons. The van der Waals surface area contributed by atoms with Gasteiger partial charge in [0.15, 0.2) is 18.4 Å². The van der Waals surface area contributed by atoms with Crippen LogP contribution in [-0.4, -0.2) is 105 Å². The molecular formula is C43H55F3N7O5+. The van der Waals surface area contributed by atoms with Crippen LogP contribution >= 0.6 is 0 Å². The average Bonchev–Trinajstić information content (AvgIpc) is 3.96. The predicted molar refractivity (Wildman–Crippen MR) is 214 cm³/mol. The number of carbonyl (C=O) groups is 3. The van der Waals surface area contributed by atoms with Crippen molar-refractivity contribution in [3.63, 3.8) is 0 Å². The van der Waals surface area contributed by atoms with Crippen LogP contribution in [0.2, 0.25) is 0 Å². The number of carbonyl (C=O) groups excluding carboxylic acids is 3. The van der Waals surface area contributed by atoms with Crippen molar-refractivity contribution in [2.24, 2.45) is 5.92 Å². The third-order valence-corrected chi connectivity index (χ3v) is 10.8. The van der Waals surface area contributed by atoms with Crippen LogP contribution < -0.4 is 15.4 Å². The van der Waals surface area contributed by atoms with Crippen molar-refractivity contribution in [2.75, 3.05) is 51.1 Å². The zero-order chi connectivity index (χ0) is 42.1. The molecule has 4 heterocycles. The summed E-state index contributed by atoms with van der Waals surface area (Å²) in [6, 6.07) is 8.46. The lowest BCUT2D eigenvalue weighted by Crippen LogP contribution is -2.53. The molecule has 3 aromatic rings. The molecule has 312 valence electrons. The first kappa shape index (κ1) is 42.7. The Hall–Kier alpha value is -4.89. The number of hydrogen-bond donors (Lipinski definition) is 2. The zero-order valence-corrected chi connectivity index (χ0v) is 34.6. The minimum absolute atomic E-state index is 0.0249. The Kier molecular flexibility index (Phi) is 12.6. The molecule has 0 bridgehead atoms. The van der Waals surface area contributed by atoms with E-state index in [1.165, 1.54) is 13.0 Å². The molecule has 58 heavy (non-hydrogen) atoms. The maximum atomic E-state index is 14.1. The Labute approximate surface area is 338 Å². The van der Waals surface area contributed by atoms with Crippen LogP contribution in [0, 0.1) is 19.8 Å². The number of pyridine rings is 2. The van der Waals surface area contributed by atoms with Crippen molar-refractivity contribution in [2.45, 2.75) is 98.1 Å². The normalized spacial score (nSPS) is 17.5. The summed E-state index contributed by atoms with van der Waals surface area (Å²) in [6.45, 7) is 18.7. The van der Waals surface area contributed by atoms with Gasteiger partial charge in [-0.3, -0.25) is 19.5 Å². The highest BCUT2D eigenvalue weighted by molar-refractivity contribution is 6.07. The molecule has 1 saturated carbocycles. The van der Waals surface area contributed by atoms with Gasteiger partial charge in [0, 0.05) is 63.0 Å². The number of aryl methyl sites for hydroxylation is 2. The summed E-state index contributed by atoms with van der Waals surface area (Å²) in [5, 5.41) is 5.68. The second-order valence-corrected chi connectivity index (χ2v) is 17.1. The molecule has 2 aliphatic heterocycles. The van der Waals surface area contributed by atoms with Gasteiger partial charge in [-0.2, -0.15) is 18.0 Å². The first-order valence-electron chi connectivity index (χ1n) is 20.0. The lowest BCUT2D eigenvalue weighted by molar-refractivity contribution is -0.458. The summed E-state index contributed by atoms with van der Waals surface area (Å²) in [6.07, 6.45) is -0.822. The number of likely N-dealkylation sites (tertiary alicyclic amines) is 1. The number of hydrogen-bond acceptors (Lipinski definition) is 9. The number of halogens is 3. The number of nitrogens with one attached hydrogen (secondary N) is 2. The van der Waals surface area contributed by atoms with Gasteiger partial charge >= 0.3 is 12.3 Å². The van der Waals surface area contributed by atoms with E-state index in [1.54, 1.807) is 17.6 Å². The van der Waals surface area contributed by atoms with Crippen molar-refractivity contribution >= 4 is 29.4 Å².